The van der Waals surface area contributed by atoms with Gasteiger partial charge in [0.05, 0.1) is 35.3 Å². The lowest BCUT2D eigenvalue weighted by Gasteiger charge is -2.34. The Labute approximate surface area is 140 Å². The van der Waals surface area contributed by atoms with Gasteiger partial charge in [0, 0.05) is 6.54 Å². The monoisotopic (exact) mass is 387 g/mol. The smallest absolute Gasteiger partial charge is 0.382 e. The molecule has 1 saturated carbocycles. The predicted octanol–water partition coefficient (Wildman–Crippen LogP) is 2.97. The molecule has 1 aliphatic carbocycles. The van der Waals surface area contributed by atoms with Crippen LogP contribution in [0.2, 0.25) is 0 Å². The number of rotatable bonds is 2. The van der Waals surface area contributed by atoms with Crippen molar-refractivity contribution < 1.29 is 40.2 Å². The van der Waals surface area contributed by atoms with Crippen molar-refractivity contribution in [3.05, 3.63) is 23.5 Å². The summed E-state index contributed by atoms with van der Waals surface area (Å²) in [4.78, 5) is 3.91. The van der Waals surface area contributed by atoms with Gasteiger partial charge in [-0.2, -0.15) is 31.6 Å². The molecule has 1 aliphatic heterocycles. The second kappa shape index (κ2) is 5.42. The number of halogens is 8. The lowest BCUT2D eigenvalue weighted by atomic mass is 10.0. The van der Waals surface area contributed by atoms with Gasteiger partial charge in [-0.05, 0) is 6.07 Å². The minimum absolute atomic E-state index is 0.380. The van der Waals surface area contributed by atoms with Crippen LogP contribution < -0.4 is 4.90 Å². The number of aliphatic hydroxyl groups excluding tert-OH is 1. The molecule has 0 aromatic carbocycles. The molecule has 1 aromatic heterocycles. The molecular formula is C14H9F8N3O. The van der Waals surface area contributed by atoms with Crippen LogP contribution in [0.5, 0.6) is 0 Å². The van der Waals surface area contributed by atoms with E-state index < -0.39 is 65.7 Å². The summed E-state index contributed by atoms with van der Waals surface area (Å²) < 4.78 is 105. The van der Waals surface area contributed by atoms with E-state index in [2.05, 4.69) is 4.98 Å². The second-order valence-corrected chi connectivity index (χ2v) is 6.14. The van der Waals surface area contributed by atoms with Gasteiger partial charge >= 0.3 is 12.4 Å². The number of hydrogen-bond acceptors (Lipinski definition) is 4. The number of hydrogen-bond donors (Lipinski definition) is 1. The Bertz CT molecular complexity index is 769. The van der Waals surface area contributed by atoms with Crippen molar-refractivity contribution in [1.82, 2.24) is 4.98 Å². The number of nitriles is 1. The molecule has 0 spiro atoms. The molecule has 0 amide bonds. The SMILES string of the molecule is N#Cc1ncc(N2C[C@H]3[C@@H]([C@@H]2[C@@H](O)C(F)(F)F)C3(F)F)cc1C(F)(F)F. The summed E-state index contributed by atoms with van der Waals surface area (Å²) in [5.74, 6) is -6.76. The average molecular weight is 387 g/mol. The first-order valence-corrected chi connectivity index (χ1v) is 7.16. The fourth-order valence-corrected chi connectivity index (χ4v) is 3.40. The highest BCUT2D eigenvalue weighted by Gasteiger charge is 2.78. The first kappa shape index (κ1) is 18.6. The number of aromatic nitrogens is 1. The van der Waals surface area contributed by atoms with Gasteiger partial charge < -0.3 is 10.0 Å². The van der Waals surface area contributed by atoms with Crippen LogP contribution in [-0.2, 0) is 6.18 Å². The second-order valence-electron chi connectivity index (χ2n) is 6.14. The van der Waals surface area contributed by atoms with E-state index in [1.165, 1.54) is 6.07 Å². The number of aliphatic hydroxyl groups is 1. The van der Waals surface area contributed by atoms with Crippen LogP contribution in [0.25, 0.3) is 0 Å². The van der Waals surface area contributed by atoms with Gasteiger partial charge in [0.25, 0.3) is 5.92 Å². The lowest BCUT2D eigenvalue weighted by molar-refractivity contribution is -0.212. The molecule has 3 rings (SSSR count). The normalized spacial score (nSPS) is 28.5. The third kappa shape index (κ3) is 2.74. The minimum atomic E-state index is -5.23. The van der Waals surface area contributed by atoms with Crippen LogP contribution >= 0.6 is 0 Å². The quantitative estimate of drug-likeness (QED) is 0.793. The molecular weight excluding hydrogens is 378 g/mol. The minimum Gasteiger partial charge on any atom is -0.382 e. The average Bonchev–Trinajstić information content (AvgIpc) is 2.89. The molecule has 2 heterocycles. The molecule has 2 fully saturated rings. The molecule has 1 N–H and O–H groups in total. The Kier molecular flexibility index (Phi) is 3.88. The van der Waals surface area contributed by atoms with Crippen LogP contribution in [0, 0.1) is 23.2 Å². The van der Waals surface area contributed by atoms with Gasteiger partial charge in [-0.15, -0.1) is 0 Å². The third-order valence-corrected chi connectivity index (χ3v) is 4.66. The van der Waals surface area contributed by atoms with Crippen LogP contribution in [0.1, 0.15) is 11.3 Å². The Morgan fingerprint density at radius 2 is 1.88 bits per heavy atom. The predicted molar refractivity (Wildman–Crippen MR) is 69.1 cm³/mol. The van der Waals surface area contributed by atoms with Crippen molar-refractivity contribution >= 4 is 5.69 Å². The molecule has 4 atom stereocenters. The highest BCUT2D eigenvalue weighted by atomic mass is 19.4. The molecule has 26 heavy (non-hydrogen) atoms. The van der Waals surface area contributed by atoms with Crippen LogP contribution in [0.3, 0.4) is 0 Å². The Hall–Kier alpha value is -2.16. The molecule has 0 radical (unpaired) electrons. The van der Waals surface area contributed by atoms with Gasteiger partial charge in [0.15, 0.2) is 11.8 Å². The summed E-state index contributed by atoms with van der Waals surface area (Å²) >= 11 is 0. The van der Waals surface area contributed by atoms with Crippen molar-refractivity contribution in [2.24, 2.45) is 11.8 Å². The van der Waals surface area contributed by atoms with Crippen molar-refractivity contribution in [3.63, 3.8) is 0 Å². The van der Waals surface area contributed by atoms with Gasteiger partial charge in [0.1, 0.15) is 6.07 Å². The number of pyridine rings is 1. The van der Waals surface area contributed by atoms with E-state index in [9.17, 15) is 40.2 Å². The van der Waals surface area contributed by atoms with Crippen LogP contribution in [0.15, 0.2) is 12.3 Å². The van der Waals surface area contributed by atoms with Crippen molar-refractivity contribution in [2.75, 3.05) is 11.4 Å². The molecule has 4 nitrogen and oxygen atoms in total. The third-order valence-electron chi connectivity index (χ3n) is 4.66. The number of fused-ring (bicyclic) bond motifs is 1. The Morgan fingerprint density at radius 3 is 2.38 bits per heavy atom. The summed E-state index contributed by atoms with van der Waals surface area (Å²) in [7, 11) is 0. The zero-order chi connectivity index (χ0) is 19.7. The summed E-state index contributed by atoms with van der Waals surface area (Å²) in [5.41, 5.74) is -3.01. The van der Waals surface area contributed by atoms with Crippen molar-refractivity contribution in [1.29, 1.82) is 5.26 Å². The maximum atomic E-state index is 13.6. The van der Waals surface area contributed by atoms with Crippen LogP contribution in [0.4, 0.5) is 40.8 Å². The fourth-order valence-electron chi connectivity index (χ4n) is 3.40. The number of nitrogens with zero attached hydrogens (tertiary/aromatic N) is 3. The Morgan fingerprint density at radius 1 is 1.27 bits per heavy atom. The zero-order valence-corrected chi connectivity index (χ0v) is 12.5. The largest absolute Gasteiger partial charge is 0.419 e. The van der Waals surface area contributed by atoms with Gasteiger partial charge in [0.2, 0.25) is 0 Å². The maximum Gasteiger partial charge on any atom is 0.419 e. The first-order valence-electron chi connectivity index (χ1n) is 7.16. The lowest BCUT2D eigenvalue weighted by Crippen LogP contribution is -2.51. The van der Waals surface area contributed by atoms with Crippen molar-refractivity contribution in [3.8, 4) is 6.07 Å². The standard InChI is InChI=1S/C14H9F8N3O/c15-12(16)7-4-25(10(9(7)12)11(26)14(20,21)22)5-1-6(13(17,18)19)8(2-23)24-3-5/h1,3,7,9-11,26H,4H2/t7-,9-,10+,11+/m0/s1. The van der Waals surface area contributed by atoms with E-state index in [-0.39, 0.29) is 0 Å². The van der Waals surface area contributed by atoms with E-state index in [4.69, 9.17) is 5.26 Å². The van der Waals surface area contributed by atoms with E-state index in [0.717, 1.165) is 0 Å². The summed E-state index contributed by atoms with van der Waals surface area (Å²) in [6.45, 7) is -0.666. The fraction of sp³-hybridized carbons (Fsp3) is 0.571. The Balaban J connectivity index is 2.02. The highest BCUT2D eigenvalue weighted by molar-refractivity contribution is 5.55. The van der Waals surface area contributed by atoms with Gasteiger partial charge in [-0.1, -0.05) is 0 Å². The molecule has 1 aromatic rings. The summed E-state index contributed by atoms with van der Waals surface area (Å²) in [5, 5.41) is 18.2. The van der Waals surface area contributed by atoms with E-state index in [1.807, 2.05) is 0 Å². The molecule has 142 valence electrons. The molecule has 0 unspecified atom stereocenters. The topological polar surface area (TPSA) is 60.2 Å². The number of alkyl halides is 8. The van der Waals surface area contributed by atoms with Gasteiger partial charge in [-0.3, -0.25) is 0 Å². The molecule has 1 saturated heterocycles. The first-order chi connectivity index (χ1) is 11.8. The van der Waals surface area contributed by atoms with Crippen LogP contribution in [-0.4, -0.2) is 40.9 Å². The van der Waals surface area contributed by atoms with Gasteiger partial charge in [-0.25, -0.2) is 13.8 Å². The summed E-state index contributed by atoms with van der Waals surface area (Å²) in [6.07, 6.45) is -12.7. The highest BCUT2D eigenvalue weighted by Crippen LogP contribution is 2.64. The zero-order valence-electron chi connectivity index (χ0n) is 12.5. The number of piperidine rings is 1. The molecule has 2 aliphatic rings. The molecule has 0 bridgehead atoms. The van der Waals surface area contributed by atoms with Crippen molar-refractivity contribution in [2.45, 2.75) is 30.4 Å². The van der Waals surface area contributed by atoms with E-state index >= 15 is 0 Å². The summed E-state index contributed by atoms with van der Waals surface area (Å²) in [6, 6.07) is -0.558. The number of anilines is 1. The molecule has 12 heteroatoms. The van der Waals surface area contributed by atoms with E-state index in [0.29, 0.717) is 17.2 Å². The van der Waals surface area contributed by atoms with E-state index in [1.54, 1.807) is 0 Å². The maximum absolute atomic E-state index is 13.6.